The Labute approximate surface area is 263 Å². The number of primary amides is 1. The zero-order valence-corrected chi connectivity index (χ0v) is 25.6. The summed E-state index contributed by atoms with van der Waals surface area (Å²) < 4.78 is 39.4. The van der Waals surface area contributed by atoms with Crippen LogP contribution in [0.25, 0.3) is 44.6 Å². The van der Waals surface area contributed by atoms with E-state index in [4.69, 9.17) is 21.2 Å². The summed E-state index contributed by atoms with van der Waals surface area (Å²) in [5.74, 6) is -1.06. The maximum atomic E-state index is 14.7. The first kappa shape index (κ1) is 28.7. The van der Waals surface area contributed by atoms with Crippen molar-refractivity contribution in [2.24, 2.45) is 30.4 Å². The minimum Gasteiger partial charge on any atom is -0.494 e. The number of ether oxygens (including phenoxy) is 1. The molecule has 4 N–H and O–H groups in total. The van der Waals surface area contributed by atoms with Gasteiger partial charge in [0.2, 0.25) is 0 Å². The number of aryl methyl sites for hydroxylation is 1. The summed E-state index contributed by atoms with van der Waals surface area (Å²) in [7, 11) is 3.53. The number of amides is 2. The fourth-order valence-electron chi connectivity index (χ4n) is 7.62. The number of benzene rings is 3. The second-order valence-corrected chi connectivity index (χ2v) is 13.0. The molecule has 1 saturated heterocycles. The second-order valence-electron chi connectivity index (χ2n) is 13.0. The molecule has 2 aromatic heterocycles. The molecule has 3 heterocycles. The Balaban J connectivity index is 1.23. The van der Waals surface area contributed by atoms with E-state index in [0.717, 1.165) is 66.5 Å². The molecular weight excluding hydrogens is 590 g/mol. The molecule has 3 aliphatic rings. The van der Waals surface area contributed by atoms with E-state index in [-0.39, 0.29) is 18.0 Å². The van der Waals surface area contributed by atoms with Crippen LogP contribution in [0.3, 0.4) is 0 Å². The van der Waals surface area contributed by atoms with Gasteiger partial charge in [-0.25, -0.2) is 13.8 Å². The van der Waals surface area contributed by atoms with Crippen LogP contribution in [0, 0.1) is 23.5 Å². The second kappa shape index (κ2) is 10.4. The number of likely N-dealkylation sites (tertiary alicyclic amines) is 1. The minimum absolute atomic E-state index is 0.0254. The topological polar surface area (TPSA) is 121 Å². The molecule has 236 valence electrons. The molecule has 1 aliphatic heterocycles. The van der Waals surface area contributed by atoms with E-state index in [2.05, 4.69) is 10.6 Å². The number of aromatic nitrogens is 3. The van der Waals surface area contributed by atoms with Crippen molar-refractivity contribution >= 4 is 33.8 Å². The summed E-state index contributed by atoms with van der Waals surface area (Å²) >= 11 is 0. The highest BCUT2D eigenvalue weighted by molar-refractivity contribution is 6.01. The third-order valence-electron chi connectivity index (χ3n) is 10.2. The number of rotatable bonds is 7. The summed E-state index contributed by atoms with van der Waals surface area (Å²) in [6, 6.07) is 13.7. The minimum atomic E-state index is -1.15. The van der Waals surface area contributed by atoms with Crippen molar-refractivity contribution in [3.8, 4) is 28.4 Å². The summed E-state index contributed by atoms with van der Waals surface area (Å²) in [5, 5.41) is 0.949. The van der Waals surface area contributed by atoms with E-state index >= 15 is 0 Å². The van der Waals surface area contributed by atoms with E-state index < -0.39 is 23.1 Å². The molecule has 0 radical (unpaired) electrons. The van der Waals surface area contributed by atoms with Gasteiger partial charge in [-0.05, 0) is 85.0 Å². The Morgan fingerprint density at radius 3 is 2.39 bits per heavy atom. The van der Waals surface area contributed by atoms with Crippen molar-refractivity contribution in [2.45, 2.75) is 44.3 Å². The fraction of sp³-hybridized carbons (Fsp3) is 0.343. The summed E-state index contributed by atoms with van der Waals surface area (Å²) in [5.41, 5.74) is 15.5. The number of carbonyl (C=O) groups excluding carboxylic acids is 2. The summed E-state index contributed by atoms with van der Waals surface area (Å²) in [6.07, 6.45) is 4.23. The molecule has 0 spiro atoms. The van der Waals surface area contributed by atoms with Crippen molar-refractivity contribution in [1.82, 2.24) is 19.0 Å². The van der Waals surface area contributed by atoms with Gasteiger partial charge in [0.05, 0.1) is 18.3 Å². The van der Waals surface area contributed by atoms with Gasteiger partial charge >= 0.3 is 0 Å². The SMILES string of the molecule is COc1cc(C(=O)N2CC3CCC2[C@@H]3N)cc2nc(-c3cc4ccc(-c5cc(F)c(C(N)=O)c(F)c5)cc4n3CC3CC3)n(C)c12. The Hall–Kier alpha value is -4.77. The van der Waals surface area contributed by atoms with E-state index in [1.54, 1.807) is 19.2 Å². The third kappa shape index (κ3) is 4.39. The van der Waals surface area contributed by atoms with Gasteiger partial charge < -0.3 is 30.2 Å². The normalized spacial score (nSPS) is 20.7. The summed E-state index contributed by atoms with van der Waals surface area (Å²) in [4.78, 5) is 32.2. The van der Waals surface area contributed by atoms with Gasteiger partial charge in [0.1, 0.15) is 28.5 Å². The van der Waals surface area contributed by atoms with Crippen molar-refractivity contribution in [3.63, 3.8) is 0 Å². The number of nitrogens with two attached hydrogens (primary N) is 2. The molecule has 9 nitrogen and oxygen atoms in total. The molecule has 46 heavy (non-hydrogen) atoms. The molecule has 11 heteroatoms. The molecule has 2 bridgehead atoms. The molecule has 2 saturated carbocycles. The van der Waals surface area contributed by atoms with E-state index in [0.29, 0.717) is 52.2 Å². The maximum Gasteiger partial charge on any atom is 0.254 e. The Kier molecular flexibility index (Phi) is 6.47. The molecular formula is C35H34F2N6O3. The van der Waals surface area contributed by atoms with Crippen LogP contribution in [0.5, 0.6) is 5.75 Å². The lowest BCUT2D eigenvalue weighted by atomic mass is 10.0. The lowest BCUT2D eigenvalue weighted by Gasteiger charge is -2.27. The maximum absolute atomic E-state index is 14.7. The Bertz CT molecular complexity index is 2070. The van der Waals surface area contributed by atoms with Crippen molar-refractivity contribution in [1.29, 1.82) is 0 Å². The average Bonchev–Trinajstić information content (AvgIpc) is 3.43. The molecule has 8 rings (SSSR count). The molecule has 3 aromatic carbocycles. The molecule has 3 fully saturated rings. The van der Waals surface area contributed by atoms with Crippen LogP contribution in [0.1, 0.15) is 46.4 Å². The molecule has 5 aromatic rings. The number of imidazole rings is 1. The van der Waals surface area contributed by atoms with Crippen LogP contribution >= 0.6 is 0 Å². The van der Waals surface area contributed by atoms with Crippen LogP contribution in [-0.4, -0.2) is 56.6 Å². The standard InChI is InChI=1S/C35H34F2N6O3/c1-41-32-25(11-22(14-29(32)46-2)35(45)43-16-20-7-8-26(43)31(20)38)40-34(41)28-13-19-6-5-18(12-27(19)42(28)15-17-3-4-17)21-9-23(36)30(33(39)44)24(37)10-21/h5-6,9-14,17,20,26,31H,3-4,7-8,15-16,38H2,1-2H3,(H2,39,44)/t20?,26?,31-/m1/s1. The van der Waals surface area contributed by atoms with Gasteiger partial charge in [0, 0.05) is 48.7 Å². The number of nitrogens with zero attached hydrogens (tertiary/aromatic N) is 4. The van der Waals surface area contributed by atoms with Gasteiger partial charge in [0.15, 0.2) is 5.82 Å². The smallest absolute Gasteiger partial charge is 0.254 e. The van der Waals surface area contributed by atoms with Crippen LogP contribution in [-0.2, 0) is 13.6 Å². The lowest BCUT2D eigenvalue weighted by molar-refractivity contribution is 0.0700. The van der Waals surface area contributed by atoms with Crippen LogP contribution in [0.2, 0.25) is 0 Å². The number of carbonyl (C=O) groups is 2. The molecule has 3 atom stereocenters. The molecule has 2 unspecified atom stereocenters. The number of hydrogen-bond acceptors (Lipinski definition) is 5. The largest absolute Gasteiger partial charge is 0.494 e. The van der Waals surface area contributed by atoms with Gasteiger partial charge in [-0.3, -0.25) is 9.59 Å². The van der Waals surface area contributed by atoms with Crippen LogP contribution < -0.4 is 16.2 Å². The van der Waals surface area contributed by atoms with Crippen LogP contribution in [0.4, 0.5) is 8.78 Å². The van der Waals surface area contributed by atoms with Gasteiger partial charge in [0.25, 0.3) is 11.8 Å². The zero-order chi connectivity index (χ0) is 32.0. The highest BCUT2D eigenvalue weighted by Gasteiger charge is 2.47. The van der Waals surface area contributed by atoms with E-state index in [1.165, 1.54) is 0 Å². The first-order valence-electron chi connectivity index (χ1n) is 15.7. The van der Waals surface area contributed by atoms with Crippen LogP contribution in [0.15, 0.2) is 48.5 Å². The number of halogens is 2. The Morgan fingerprint density at radius 2 is 1.76 bits per heavy atom. The zero-order valence-electron chi connectivity index (χ0n) is 25.6. The number of piperidine rings is 1. The number of fused-ring (bicyclic) bond motifs is 4. The predicted molar refractivity (Wildman–Crippen MR) is 170 cm³/mol. The summed E-state index contributed by atoms with van der Waals surface area (Å²) in [6.45, 7) is 1.43. The average molecular weight is 625 g/mol. The van der Waals surface area contributed by atoms with Gasteiger partial charge in [-0.1, -0.05) is 12.1 Å². The molecule has 2 amide bonds. The lowest BCUT2D eigenvalue weighted by Crippen LogP contribution is -2.41. The van der Waals surface area contributed by atoms with E-state index in [1.807, 2.05) is 34.7 Å². The third-order valence-corrected chi connectivity index (χ3v) is 10.2. The van der Waals surface area contributed by atoms with Gasteiger partial charge in [-0.2, -0.15) is 0 Å². The van der Waals surface area contributed by atoms with E-state index in [9.17, 15) is 18.4 Å². The number of methoxy groups -OCH3 is 1. The van der Waals surface area contributed by atoms with Crippen molar-refractivity contribution in [2.75, 3.05) is 13.7 Å². The first-order valence-corrected chi connectivity index (χ1v) is 15.7. The monoisotopic (exact) mass is 624 g/mol. The van der Waals surface area contributed by atoms with Crippen molar-refractivity contribution < 1.29 is 23.1 Å². The molecule has 2 aliphatic carbocycles. The highest BCUT2D eigenvalue weighted by atomic mass is 19.1. The quantitative estimate of drug-likeness (QED) is 0.257. The fourth-order valence-corrected chi connectivity index (χ4v) is 7.62. The first-order chi connectivity index (χ1) is 22.1. The highest BCUT2D eigenvalue weighted by Crippen LogP contribution is 2.41. The Morgan fingerprint density at radius 1 is 1.00 bits per heavy atom. The predicted octanol–water partition coefficient (Wildman–Crippen LogP) is 5.22. The van der Waals surface area contributed by atoms with Crippen molar-refractivity contribution in [3.05, 3.63) is 71.3 Å². The number of hydrogen-bond donors (Lipinski definition) is 2. The van der Waals surface area contributed by atoms with Gasteiger partial charge in [-0.15, -0.1) is 0 Å².